The monoisotopic (exact) mass is 269 g/mol. The van der Waals surface area contributed by atoms with Crippen LogP contribution in [-0.4, -0.2) is 5.16 Å². The minimum Gasteiger partial charge on any atom is -0.312 e. The SMILES string of the molecule is CC(C)(C#N)P(=O)(c1ccccc1)c1ccccc1. The number of benzene rings is 2. The fourth-order valence-corrected chi connectivity index (χ4v) is 5.05. The zero-order valence-electron chi connectivity index (χ0n) is 11.1. The van der Waals surface area contributed by atoms with Gasteiger partial charge in [-0.3, -0.25) is 0 Å². The van der Waals surface area contributed by atoms with Crippen LogP contribution in [0, 0.1) is 11.3 Å². The van der Waals surface area contributed by atoms with E-state index in [0.717, 1.165) is 10.6 Å². The highest BCUT2D eigenvalue weighted by molar-refractivity contribution is 7.80. The average molecular weight is 269 g/mol. The third-order valence-electron chi connectivity index (χ3n) is 3.30. The maximum Gasteiger partial charge on any atom is 0.162 e. The summed E-state index contributed by atoms with van der Waals surface area (Å²) in [7, 11) is -2.99. The maximum absolute atomic E-state index is 13.6. The van der Waals surface area contributed by atoms with E-state index in [4.69, 9.17) is 0 Å². The van der Waals surface area contributed by atoms with Crippen LogP contribution in [0.15, 0.2) is 60.7 Å². The van der Waals surface area contributed by atoms with Crippen molar-refractivity contribution in [1.82, 2.24) is 0 Å². The van der Waals surface area contributed by atoms with Crippen molar-refractivity contribution >= 4 is 17.8 Å². The first-order valence-corrected chi connectivity index (χ1v) is 7.86. The zero-order valence-corrected chi connectivity index (χ0v) is 12.0. The van der Waals surface area contributed by atoms with Gasteiger partial charge in [0.2, 0.25) is 0 Å². The third kappa shape index (κ3) is 2.23. The van der Waals surface area contributed by atoms with E-state index < -0.39 is 12.3 Å². The molecule has 0 spiro atoms. The summed E-state index contributed by atoms with van der Waals surface area (Å²) in [5.74, 6) is 0. The molecule has 0 unspecified atom stereocenters. The van der Waals surface area contributed by atoms with Crippen LogP contribution in [0.5, 0.6) is 0 Å². The van der Waals surface area contributed by atoms with Crippen LogP contribution in [-0.2, 0) is 4.57 Å². The molecule has 3 heteroatoms. The van der Waals surface area contributed by atoms with Gasteiger partial charge >= 0.3 is 0 Å². The summed E-state index contributed by atoms with van der Waals surface area (Å²) in [5, 5.41) is 9.95. The largest absolute Gasteiger partial charge is 0.312 e. The van der Waals surface area contributed by atoms with E-state index in [2.05, 4.69) is 6.07 Å². The van der Waals surface area contributed by atoms with Gasteiger partial charge < -0.3 is 4.57 Å². The van der Waals surface area contributed by atoms with Gasteiger partial charge in [-0.2, -0.15) is 5.26 Å². The molecule has 2 aromatic carbocycles. The smallest absolute Gasteiger partial charge is 0.162 e. The molecule has 0 amide bonds. The Bertz CT molecular complexity index is 598. The quantitative estimate of drug-likeness (QED) is 0.802. The molecule has 2 rings (SSSR count). The molecule has 0 atom stereocenters. The Labute approximate surface area is 114 Å². The summed E-state index contributed by atoms with van der Waals surface area (Å²) >= 11 is 0. The molecule has 0 heterocycles. The summed E-state index contributed by atoms with van der Waals surface area (Å²) in [6, 6.07) is 20.8. The van der Waals surface area contributed by atoms with Crippen LogP contribution in [0.3, 0.4) is 0 Å². The first-order chi connectivity index (χ1) is 9.02. The minimum absolute atomic E-state index is 0.729. The topological polar surface area (TPSA) is 40.9 Å². The van der Waals surface area contributed by atoms with Crippen molar-refractivity contribution in [2.75, 3.05) is 0 Å². The lowest BCUT2D eigenvalue weighted by molar-refractivity contribution is 0.573. The highest BCUT2D eigenvalue weighted by atomic mass is 31.2. The molecular formula is C16H16NOP. The van der Waals surface area contributed by atoms with Gasteiger partial charge in [0, 0.05) is 10.6 Å². The predicted octanol–water partition coefficient (Wildman–Crippen LogP) is 3.30. The van der Waals surface area contributed by atoms with Crippen molar-refractivity contribution in [2.24, 2.45) is 0 Å². The fourth-order valence-electron chi connectivity index (χ4n) is 2.14. The summed E-state index contributed by atoms with van der Waals surface area (Å²) in [6.07, 6.45) is 0. The highest BCUT2D eigenvalue weighted by Crippen LogP contribution is 2.55. The zero-order chi connectivity index (χ0) is 13.9. The molecule has 0 aliphatic rings. The molecule has 0 aliphatic heterocycles. The van der Waals surface area contributed by atoms with E-state index >= 15 is 0 Å². The second-order valence-corrected chi connectivity index (χ2v) is 8.32. The second kappa shape index (κ2) is 5.03. The molecule has 2 nitrogen and oxygen atoms in total. The van der Waals surface area contributed by atoms with Gasteiger partial charge in [-0.05, 0) is 13.8 Å². The summed E-state index contributed by atoms with van der Waals surface area (Å²) in [5.41, 5.74) is 0. The van der Waals surface area contributed by atoms with Crippen LogP contribution in [0.2, 0.25) is 0 Å². The highest BCUT2D eigenvalue weighted by Gasteiger charge is 2.43. The Morgan fingerprint density at radius 1 is 0.895 bits per heavy atom. The van der Waals surface area contributed by atoms with Crippen molar-refractivity contribution in [3.8, 4) is 6.07 Å². The number of nitrogens with zero attached hydrogens (tertiary/aromatic N) is 1. The van der Waals surface area contributed by atoms with E-state index in [1.54, 1.807) is 13.8 Å². The molecule has 0 saturated heterocycles. The van der Waals surface area contributed by atoms with Gasteiger partial charge in [-0.15, -0.1) is 0 Å². The van der Waals surface area contributed by atoms with E-state index in [-0.39, 0.29) is 0 Å². The van der Waals surface area contributed by atoms with Gasteiger partial charge in [0.05, 0.1) is 6.07 Å². The van der Waals surface area contributed by atoms with E-state index in [1.165, 1.54) is 0 Å². The van der Waals surface area contributed by atoms with E-state index in [0.29, 0.717) is 0 Å². The maximum atomic E-state index is 13.6. The molecule has 0 bridgehead atoms. The summed E-state index contributed by atoms with van der Waals surface area (Å²) < 4.78 is 13.6. The Balaban J connectivity index is 2.74. The molecule has 0 radical (unpaired) electrons. The number of rotatable bonds is 3. The number of hydrogen-bond acceptors (Lipinski definition) is 2. The predicted molar refractivity (Wildman–Crippen MR) is 79.5 cm³/mol. The van der Waals surface area contributed by atoms with Crippen LogP contribution in [0.25, 0.3) is 0 Å². The van der Waals surface area contributed by atoms with Crippen molar-refractivity contribution in [3.63, 3.8) is 0 Å². The molecule has 19 heavy (non-hydrogen) atoms. The number of hydrogen-bond donors (Lipinski definition) is 0. The third-order valence-corrected chi connectivity index (χ3v) is 7.03. The van der Waals surface area contributed by atoms with Crippen molar-refractivity contribution in [1.29, 1.82) is 5.26 Å². The lowest BCUT2D eigenvalue weighted by atomic mass is 10.2. The first kappa shape index (κ1) is 13.6. The lowest BCUT2D eigenvalue weighted by Gasteiger charge is -2.29. The van der Waals surface area contributed by atoms with Gasteiger partial charge in [-0.25, -0.2) is 0 Å². The van der Waals surface area contributed by atoms with Gasteiger partial charge in [-0.1, -0.05) is 60.7 Å². The normalized spacial score (nSPS) is 11.8. The second-order valence-electron chi connectivity index (χ2n) is 4.95. The minimum atomic E-state index is -2.99. The van der Waals surface area contributed by atoms with Crippen molar-refractivity contribution < 1.29 is 4.57 Å². The van der Waals surface area contributed by atoms with E-state index in [9.17, 15) is 9.83 Å². The molecule has 0 N–H and O–H groups in total. The van der Waals surface area contributed by atoms with Crippen LogP contribution in [0.1, 0.15) is 13.8 Å². The average Bonchev–Trinajstić information content (AvgIpc) is 2.48. The van der Waals surface area contributed by atoms with Gasteiger partial charge in [0.25, 0.3) is 0 Å². The molecule has 0 aromatic heterocycles. The molecule has 96 valence electrons. The van der Waals surface area contributed by atoms with E-state index in [1.807, 2.05) is 60.7 Å². The Hall–Kier alpha value is -1.84. The molecular weight excluding hydrogens is 253 g/mol. The molecule has 0 saturated carbocycles. The van der Waals surface area contributed by atoms with Crippen LogP contribution >= 0.6 is 7.14 Å². The lowest BCUT2D eigenvalue weighted by Crippen LogP contribution is -2.31. The first-order valence-electron chi connectivity index (χ1n) is 6.15. The number of nitriles is 1. The van der Waals surface area contributed by atoms with Gasteiger partial charge in [0.15, 0.2) is 7.14 Å². The van der Waals surface area contributed by atoms with Crippen molar-refractivity contribution in [2.45, 2.75) is 19.0 Å². The van der Waals surface area contributed by atoms with Crippen LogP contribution < -0.4 is 10.6 Å². The Kier molecular flexibility index (Phi) is 3.60. The van der Waals surface area contributed by atoms with Crippen LogP contribution in [0.4, 0.5) is 0 Å². The fraction of sp³-hybridized carbons (Fsp3) is 0.188. The van der Waals surface area contributed by atoms with Gasteiger partial charge in [0.1, 0.15) is 5.16 Å². The van der Waals surface area contributed by atoms with Crippen molar-refractivity contribution in [3.05, 3.63) is 60.7 Å². The summed E-state index contributed by atoms with van der Waals surface area (Å²) in [4.78, 5) is 0. The molecule has 0 fully saturated rings. The standard InChI is InChI=1S/C16H16NOP/c1-16(2,13-17)19(18,14-9-5-3-6-10-14)15-11-7-4-8-12-15/h3-12H,1-2H3. The summed E-state index contributed by atoms with van der Waals surface area (Å²) in [6.45, 7) is 3.49. The Morgan fingerprint density at radius 2 is 1.26 bits per heavy atom. The Morgan fingerprint density at radius 3 is 1.58 bits per heavy atom. The molecule has 0 aliphatic carbocycles. The molecule has 2 aromatic rings.